The average molecular weight is 138 g/mol. The quantitative estimate of drug-likeness (QED) is 0.557. The molecule has 10 heavy (non-hydrogen) atoms. The second-order valence-electron chi connectivity index (χ2n) is 2.23. The lowest BCUT2D eigenvalue weighted by atomic mass is 10.7. The van der Waals surface area contributed by atoms with E-state index in [-0.39, 0.29) is 0 Å². The first-order chi connectivity index (χ1) is 4.70. The highest BCUT2D eigenvalue weighted by atomic mass is 15.2. The van der Waals surface area contributed by atoms with Crippen LogP contribution < -0.4 is 4.90 Å². The summed E-state index contributed by atoms with van der Waals surface area (Å²) in [5.41, 5.74) is 0. The summed E-state index contributed by atoms with van der Waals surface area (Å²) in [4.78, 5) is 13.7. The lowest BCUT2D eigenvalue weighted by Gasteiger charge is -2.08. The molecule has 0 saturated carbocycles. The lowest BCUT2D eigenvalue weighted by molar-refractivity contribution is 0.916. The van der Waals surface area contributed by atoms with Crippen LogP contribution in [0.2, 0.25) is 0 Å². The van der Waals surface area contributed by atoms with Gasteiger partial charge in [-0.1, -0.05) is 0 Å². The molecule has 0 aliphatic rings. The Kier molecular flexibility index (Phi) is 1.80. The molecule has 1 rings (SSSR count). The summed E-state index contributed by atoms with van der Waals surface area (Å²) in [7, 11) is 3.80. The highest BCUT2D eigenvalue weighted by Crippen LogP contribution is 1.98. The Morgan fingerprint density at radius 1 is 1.30 bits per heavy atom. The smallest absolute Gasteiger partial charge is 0.228 e. The van der Waals surface area contributed by atoms with Gasteiger partial charge in [0, 0.05) is 14.1 Å². The van der Waals surface area contributed by atoms with E-state index in [9.17, 15) is 0 Å². The minimum Gasteiger partial charge on any atom is -0.347 e. The zero-order valence-corrected chi connectivity index (χ0v) is 6.37. The van der Waals surface area contributed by atoms with Crippen LogP contribution in [-0.2, 0) is 0 Å². The molecule has 0 aliphatic carbocycles. The van der Waals surface area contributed by atoms with Crippen molar-refractivity contribution in [1.29, 1.82) is 0 Å². The molecule has 54 valence electrons. The van der Waals surface area contributed by atoms with E-state index in [0.29, 0.717) is 5.95 Å². The zero-order valence-electron chi connectivity index (χ0n) is 6.37. The summed E-state index contributed by atoms with van der Waals surface area (Å²) in [5, 5.41) is 0. The molecule has 1 aromatic rings. The molecule has 0 fully saturated rings. The monoisotopic (exact) mass is 138 g/mol. The third-order valence-electron chi connectivity index (χ3n) is 1.08. The number of aromatic nitrogens is 3. The number of hydrogen-bond donors (Lipinski definition) is 0. The fourth-order valence-electron chi connectivity index (χ4n) is 0.582. The van der Waals surface area contributed by atoms with E-state index in [4.69, 9.17) is 0 Å². The van der Waals surface area contributed by atoms with Gasteiger partial charge in [-0.15, -0.1) is 0 Å². The molecule has 0 unspecified atom stereocenters. The third kappa shape index (κ3) is 1.40. The maximum Gasteiger partial charge on any atom is 0.228 e. The first-order valence-electron chi connectivity index (χ1n) is 3.03. The summed E-state index contributed by atoms with van der Waals surface area (Å²) in [6.07, 6.45) is 1.51. The van der Waals surface area contributed by atoms with Gasteiger partial charge in [0.2, 0.25) is 5.95 Å². The molecule has 4 heteroatoms. The van der Waals surface area contributed by atoms with E-state index in [1.54, 1.807) is 0 Å². The number of rotatable bonds is 1. The van der Waals surface area contributed by atoms with E-state index in [1.165, 1.54) is 6.33 Å². The number of anilines is 1. The SMILES string of the molecule is Cc1ncnc(N(C)C)n1. The van der Waals surface area contributed by atoms with Crippen molar-refractivity contribution in [3.63, 3.8) is 0 Å². The molecule has 0 atom stereocenters. The Bertz CT molecular complexity index is 221. The van der Waals surface area contributed by atoms with Crippen molar-refractivity contribution in [2.24, 2.45) is 0 Å². The van der Waals surface area contributed by atoms with E-state index < -0.39 is 0 Å². The van der Waals surface area contributed by atoms with Crippen LogP contribution in [0, 0.1) is 6.92 Å². The van der Waals surface area contributed by atoms with Gasteiger partial charge >= 0.3 is 0 Å². The summed E-state index contributed by atoms with van der Waals surface area (Å²) >= 11 is 0. The fraction of sp³-hybridized carbons (Fsp3) is 0.500. The maximum absolute atomic E-state index is 4.08. The van der Waals surface area contributed by atoms with Crippen LogP contribution in [0.25, 0.3) is 0 Å². The number of nitrogens with zero attached hydrogens (tertiary/aromatic N) is 4. The standard InChI is InChI=1S/C6H10N4/c1-5-7-4-8-6(9-5)10(2)3/h4H,1-3H3. The molecular formula is C6H10N4. The summed E-state index contributed by atoms with van der Waals surface area (Å²) < 4.78 is 0. The van der Waals surface area contributed by atoms with Crippen LogP contribution in [0.3, 0.4) is 0 Å². The van der Waals surface area contributed by atoms with Crippen molar-refractivity contribution in [1.82, 2.24) is 15.0 Å². The highest BCUT2D eigenvalue weighted by Gasteiger charge is 1.96. The Morgan fingerprint density at radius 3 is 2.40 bits per heavy atom. The molecule has 0 radical (unpaired) electrons. The van der Waals surface area contributed by atoms with E-state index >= 15 is 0 Å². The summed E-state index contributed by atoms with van der Waals surface area (Å²) in [6, 6.07) is 0. The topological polar surface area (TPSA) is 41.9 Å². The molecular weight excluding hydrogens is 128 g/mol. The molecule has 4 nitrogen and oxygen atoms in total. The number of aryl methyl sites for hydroxylation is 1. The second-order valence-corrected chi connectivity index (χ2v) is 2.23. The van der Waals surface area contributed by atoms with Crippen LogP contribution in [0.1, 0.15) is 5.82 Å². The van der Waals surface area contributed by atoms with Crippen LogP contribution in [0.5, 0.6) is 0 Å². The van der Waals surface area contributed by atoms with Gasteiger partial charge in [0.15, 0.2) is 0 Å². The number of hydrogen-bond acceptors (Lipinski definition) is 4. The van der Waals surface area contributed by atoms with Gasteiger partial charge in [-0.25, -0.2) is 9.97 Å². The molecule has 0 amide bonds. The molecule has 0 bridgehead atoms. The normalized spacial score (nSPS) is 9.50. The van der Waals surface area contributed by atoms with Gasteiger partial charge in [-0.3, -0.25) is 0 Å². The largest absolute Gasteiger partial charge is 0.347 e. The van der Waals surface area contributed by atoms with Crippen molar-refractivity contribution < 1.29 is 0 Å². The van der Waals surface area contributed by atoms with Crippen LogP contribution in [0.15, 0.2) is 6.33 Å². The molecule has 0 aliphatic heterocycles. The highest BCUT2D eigenvalue weighted by molar-refractivity contribution is 5.24. The van der Waals surface area contributed by atoms with Gasteiger partial charge in [0.25, 0.3) is 0 Å². The Balaban J connectivity index is 2.96. The molecule has 1 heterocycles. The Labute approximate surface area is 59.9 Å². The third-order valence-corrected chi connectivity index (χ3v) is 1.08. The molecule has 0 N–H and O–H groups in total. The van der Waals surface area contributed by atoms with Crippen LogP contribution >= 0.6 is 0 Å². The van der Waals surface area contributed by atoms with Crippen molar-refractivity contribution in [2.45, 2.75) is 6.92 Å². The van der Waals surface area contributed by atoms with Crippen LogP contribution in [0.4, 0.5) is 5.95 Å². The van der Waals surface area contributed by atoms with Gasteiger partial charge < -0.3 is 4.90 Å². The second kappa shape index (κ2) is 2.60. The lowest BCUT2D eigenvalue weighted by Crippen LogP contribution is -2.13. The predicted octanol–water partition coefficient (Wildman–Crippen LogP) is 0.246. The molecule has 0 saturated heterocycles. The fourth-order valence-corrected chi connectivity index (χ4v) is 0.582. The average Bonchev–Trinajstić information content (AvgIpc) is 1.88. The first-order valence-corrected chi connectivity index (χ1v) is 3.03. The Morgan fingerprint density at radius 2 is 2.00 bits per heavy atom. The summed E-state index contributed by atoms with van der Waals surface area (Å²) in [6.45, 7) is 1.84. The Hall–Kier alpha value is -1.19. The van der Waals surface area contributed by atoms with E-state index in [1.807, 2.05) is 25.9 Å². The maximum atomic E-state index is 4.08. The van der Waals surface area contributed by atoms with Crippen molar-refractivity contribution >= 4 is 5.95 Å². The molecule has 1 aromatic heterocycles. The van der Waals surface area contributed by atoms with Crippen molar-refractivity contribution in [2.75, 3.05) is 19.0 Å². The van der Waals surface area contributed by atoms with Gasteiger partial charge in [-0.05, 0) is 6.92 Å². The summed E-state index contributed by atoms with van der Waals surface area (Å²) in [5.74, 6) is 1.45. The van der Waals surface area contributed by atoms with Gasteiger partial charge in [0.05, 0.1) is 0 Å². The van der Waals surface area contributed by atoms with Crippen molar-refractivity contribution in [3.8, 4) is 0 Å². The van der Waals surface area contributed by atoms with Crippen molar-refractivity contribution in [3.05, 3.63) is 12.2 Å². The van der Waals surface area contributed by atoms with E-state index in [2.05, 4.69) is 15.0 Å². The zero-order chi connectivity index (χ0) is 7.56. The first kappa shape index (κ1) is 6.92. The molecule has 0 aromatic carbocycles. The minimum atomic E-state index is 0.701. The van der Waals surface area contributed by atoms with Gasteiger partial charge in [-0.2, -0.15) is 4.98 Å². The van der Waals surface area contributed by atoms with Crippen LogP contribution in [-0.4, -0.2) is 29.0 Å². The van der Waals surface area contributed by atoms with E-state index in [0.717, 1.165) is 5.82 Å². The molecule has 0 spiro atoms. The minimum absolute atomic E-state index is 0.701. The van der Waals surface area contributed by atoms with Gasteiger partial charge in [0.1, 0.15) is 12.2 Å². The predicted molar refractivity (Wildman–Crippen MR) is 38.9 cm³/mol.